The molecule has 22 heavy (non-hydrogen) atoms. The van der Waals surface area contributed by atoms with Crippen molar-refractivity contribution in [3.63, 3.8) is 0 Å². The van der Waals surface area contributed by atoms with Crippen LogP contribution in [0.4, 0.5) is 13.2 Å². The molecule has 1 aliphatic heterocycles. The molecular weight excluding hydrogens is 291 g/mol. The molecule has 1 aromatic carbocycles. The van der Waals surface area contributed by atoms with Crippen molar-refractivity contribution in [3.05, 3.63) is 35.4 Å². The number of aliphatic hydroxyl groups is 1. The van der Waals surface area contributed by atoms with Gasteiger partial charge in [-0.2, -0.15) is 13.2 Å². The van der Waals surface area contributed by atoms with Crippen LogP contribution in [0.15, 0.2) is 24.3 Å². The molecule has 2 rings (SSSR count). The van der Waals surface area contributed by atoms with Gasteiger partial charge in [0.1, 0.15) is 0 Å². The van der Waals surface area contributed by atoms with E-state index in [9.17, 15) is 13.2 Å². The highest BCUT2D eigenvalue weighted by atomic mass is 19.4. The summed E-state index contributed by atoms with van der Waals surface area (Å²) in [6.07, 6.45) is -0.270. The van der Waals surface area contributed by atoms with Crippen molar-refractivity contribution in [1.29, 1.82) is 0 Å². The smallest absolute Gasteiger partial charge is 0.396 e. The minimum Gasteiger partial charge on any atom is -0.396 e. The minimum absolute atomic E-state index is 0.210. The number of aliphatic hydroxyl groups excluding tert-OH is 1. The second-order valence-electron chi connectivity index (χ2n) is 5.51. The van der Waals surface area contributed by atoms with E-state index in [0.717, 1.165) is 44.4 Å². The summed E-state index contributed by atoms with van der Waals surface area (Å²) >= 11 is 0. The molecule has 1 unspecified atom stereocenters. The molecule has 5 heteroatoms. The van der Waals surface area contributed by atoms with E-state index in [1.807, 2.05) is 0 Å². The molecule has 1 fully saturated rings. The van der Waals surface area contributed by atoms with Crippen LogP contribution in [0.25, 0.3) is 0 Å². The highest BCUT2D eigenvalue weighted by Gasteiger charge is 2.29. The van der Waals surface area contributed by atoms with Gasteiger partial charge in [-0.1, -0.05) is 11.8 Å². The van der Waals surface area contributed by atoms with Gasteiger partial charge in [-0.05, 0) is 56.5 Å². The average Bonchev–Trinajstić information content (AvgIpc) is 2.92. The lowest BCUT2D eigenvalue weighted by molar-refractivity contribution is -0.137. The third-order valence-corrected chi connectivity index (χ3v) is 3.92. The Labute approximate surface area is 128 Å². The van der Waals surface area contributed by atoms with Crippen LogP contribution in [0.2, 0.25) is 0 Å². The lowest BCUT2D eigenvalue weighted by Gasteiger charge is -2.21. The van der Waals surface area contributed by atoms with Gasteiger partial charge in [0.25, 0.3) is 0 Å². The molecule has 1 atom stereocenters. The van der Waals surface area contributed by atoms with Gasteiger partial charge in [0.05, 0.1) is 12.1 Å². The zero-order chi connectivity index (χ0) is 16.0. The lowest BCUT2D eigenvalue weighted by Crippen LogP contribution is -2.29. The van der Waals surface area contributed by atoms with Gasteiger partial charge < -0.3 is 5.11 Å². The Hall–Kier alpha value is -1.51. The summed E-state index contributed by atoms with van der Waals surface area (Å²) in [5.41, 5.74) is -0.0548. The van der Waals surface area contributed by atoms with Crippen molar-refractivity contribution in [2.45, 2.75) is 37.9 Å². The quantitative estimate of drug-likeness (QED) is 0.863. The van der Waals surface area contributed by atoms with Crippen molar-refractivity contribution in [1.82, 2.24) is 4.90 Å². The summed E-state index contributed by atoms with van der Waals surface area (Å²) in [4.78, 5) is 2.28. The fourth-order valence-electron chi connectivity index (χ4n) is 2.74. The molecule has 1 N–H and O–H groups in total. The maximum absolute atomic E-state index is 12.5. The van der Waals surface area contributed by atoms with E-state index in [-0.39, 0.29) is 6.61 Å². The zero-order valence-electron chi connectivity index (χ0n) is 12.4. The maximum atomic E-state index is 12.5. The molecule has 0 amide bonds. The Morgan fingerprint density at radius 1 is 1.23 bits per heavy atom. The number of hydrogen-bond acceptors (Lipinski definition) is 2. The Morgan fingerprint density at radius 2 is 1.95 bits per heavy atom. The number of likely N-dealkylation sites (tertiary alicyclic amines) is 1. The van der Waals surface area contributed by atoms with Crippen molar-refractivity contribution >= 4 is 0 Å². The minimum atomic E-state index is -4.30. The molecule has 0 aliphatic carbocycles. The molecule has 1 aromatic rings. The highest BCUT2D eigenvalue weighted by molar-refractivity contribution is 5.37. The van der Waals surface area contributed by atoms with Gasteiger partial charge in [-0.3, -0.25) is 4.90 Å². The fourth-order valence-corrected chi connectivity index (χ4v) is 2.74. The first kappa shape index (κ1) is 16.9. The van der Waals surface area contributed by atoms with E-state index in [1.54, 1.807) is 0 Å². The van der Waals surface area contributed by atoms with Crippen LogP contribution < -0.4 is 0 Å². The standard InChI is InChI=1S/C17H20F3NO/c18-17(19,20)15-9-7-14(8-10-15)4-1-11-21-12-2-5-16(21)6-3-13-22/h7-10,16,22H,2-3,5-6,11-13H2. The third-order valence-electron chi connectivity index (χ3n) is 3.92. The Morgan fingerprint density at radius 3 is 2.59 bits per heavy atom. The van der Waals surface area contributed by atoms with Crippen LogP contribution in [-0.4, -0.2) is 35.7 Å². The molecule has 0 spiro atoms. The van der Waals surface area contributed by atoms with Gasteiger partial charge >= 0.3 is 6.18 Å². The van der Waals surface area contributed by atoms with Gasteiger partial charge in [0.15, 0.2) is 0 Å². The molecule has 0 aromatic heterocycles. The van der Waals surface area contributed by atoms with Gasteiger partial charge in [0, 0.05) is 18.2 Å². The van der Waals surface area contributed by atoms with E-state index in [0.29, 0.717) is 18.2 Å². The average molecular weight is 311 g/mol. The van der Waals surface area contributed by atoms with Gasteiger partial charge in [-0.25, -0.2) is 0 Å². The first-order chi connectivity index (χ1) is 10.5. The predicted molar refractivity (Wildman–Crippen MR) is 79.2 cm³/mol. The van der Waals surface area contributed by atoms with Gasteiger partial charge in [0.2, 0.25) is 0 Å². The number of alkyl halides is 3. The largest absolute Gasteiger partial charge is 0.416 e. The Balaban J connectivity index is 1.90. The lowest BCUT2D eigenvalue weighted by atomic mass is 10.1. The summed E-state index contributed by atoms with van der Waals surface area (Å²) in [5, 5.41) is 8.89. The number of hydrogen-bond donors (Lipinski definition) is 1. The summed E-state index contributed by atoms with van der Waals surface area (Å²) in [6, 6.07) is 5.40. The van der Waals surface area contributed by atoms with Crippen molar-refractivity contribution in [2.24, 2.45) is 0 Å². The van der Waals surface area contributed by atoms with Crippen molar-refractivity contribution < 1.29 is 18.3 Å². The SMILES string of the molecule is OCCCC1CCCN1CC#Cc1ccc(C(F)(F)F)cc1. The summed E-state index contributed by atoms with van der Waals surface area (Å²) < 4.78 is 37.4. The number of nitrogens with zero attached hydrogens (tertiary/aromatic N) is 1. The van der Waals surface area contributed by atoms with Crippen LogP contribution in [0.5, 0.6) is 0 Å². The fraction of sp³-hybridized carbons (Fsp3) is 0.529. The second kappa shape index (κ2) is 7.66. The molecule has 0 bridgehead atoms. The molecule has 1 heterocycles. The molecule has 0 saturated carbocycles. The van der Waals surface area contributed by atoms with E-state index < -0.39 is 11.7 Å². The Kier molecular flexibility index (Phi) is 5.87. The summed E-state index contributed by atoms with van der Waals surface area (Å²) in [7, 11) is 0. The van der Waals surface area contributed by atoms with Crippen LogP contribution in [0.1, 0.15) is 36.8 Å². The normalized spacial score (nSPS) is 19.0. The van der Waals surface area contributed by atoms with E-state index in [4.69, 9.17) is 5.11 Å². The monoisotopic (exact) mass is 311 g/mol. The second-order valence-corrected chi connectivity index (χ2v) is 5.51. The number of rotatable bonds is 4. The maximum Gasteiger partial charge on any atom is 0.416 e. The molecule has 0 radical (unpaired) electrons. The summed E-state index contributed by atoms with van der Waals surface area (Å²) in [6.45, 7) is 1.83. The van der Waals surface area contributed by atoms with E-state index in [1.165, 1.54) is 12.1 Å². The van der Waals surface area contributed by atoms with E-state index >= 15 is 0 Å². The molecule has 1 saturated heterocycles. The third kappa shape index (κ3) is 4.75. The molecule has 2 nitrogen and oxygen atoms in total. The van der Waals surface area contributed by atoms with Crippen LogP contribution in [0, 0.1) is 11.8 Å². The van der Waals surface area contributed by atoms with Gasteiger partial charge in [-0.15, -0.1) is 0 Å². The first-order valence-corrected chi connectivity index (χ1v) is 7.52. The highest BCUT2D eigenvalue weighted by Crippen LogP contribution is 2.29. The predicted octanol–water partition coefficient (Wildman–Crippen LogP) is 3.29. The zero-order valence-corrected chi connectivity index (χ0v) is 12.4. The molecular formula is C17H20F3NO. The van der Waals surface area contributed by atoms with Crippen LogP contribution in [0.3, 0.4) is 0 Å². The van der Waals surface area contributed by atoms with Crippen LogP contribution in [-0.2, 0) is 6.18 Å². The van der Waals surface area contributed by atoms with Crippen LogP contribution >= 0.6 is 0 Å². The molecule has 120 valence electrons. The van der Waals surface area contributed by atoms with E-state index in [2.05, 4.69) is 16.7 Å². The first-order valence-electron chi connectivity index (χ1n) is 7.52. The summed E-state index contributed by atoms with van der Waals surface area (Å²) in [5.74, 6) is 5.96. The van der Waals surface area contributed by atoms with Crippen molar-refractivity contribution in [3.8, 4) is 11.8 Å². The number of halogens is 3. The molecule has 1 aliphatic rings. The Bertz CT molecular complexity index is 528. The number of benzene rings is 1. The topological polar surface area (TPSA) is 23.5 Å². The van der Waals surface area contributed by atoms with Crippen molar-refractivity contribution in [2.75, 3.05) is 19.7 Å².